The molecule has 17 heavy (non-hydrogen) atoms. The first-order valence-electron chi connectivity index (χ1n) is 4.29. The second-order valence-corrected chi connectivity index (χ2v) is 4.42. The van der Waals surface area contributed by atoms with Crippen molar-refractivity contribution in [2.24, 2.45) is 0 Å². The van der Waals surface area contributed by atoms with Gasteiger partial charge >= 0.3 is 29.6 Å². The van der Waals surface area contributed by atoms with Gasteiger partial charge in [0.1, 0.15) is 24.4 Å². The van der Waals surface area contributed by atoms with E-state index >= 15 is 0 Å². The van der Waals surface area contributed by atoms with Crippen molar-refractivity contribution in [3.05, 3.63) is 0 Å². The van der Waals surface area contributed by atoms with Gasteiger partial charge in [0.15, 0.2) is 6.29 Å². The molecule has 0 radical (unpaired) electrons. The molecule has 0 aromatic carbocycles. The molecule has 9 nitrogen and oxygen atoms in total. The van der Waals surface area contributed by atoms with Crippen LogP contribution in [0.4, 0.5) is 0 Å². The minimum absolute atomic E-state index is 0. The zero-order valence-electron chi connectivity index (χ0n) is 8.91. The molecule has 3 unspecified atom stereocenters. The molecule has 0 aromatic rings. The number of aliphatic hydroxyl groups is 4. The van der Waals surface area contributed by atoms with Crippen molar-refractivity contribution in [2.75, 3.05) is 6.61 Å². The van der Waals surface area contributed by atoms with Crippen molar-refractivity contribution < 1.29 is 73.6 Å². The van der Waals surface area contributed by atoms with Crippen molar-refractivity contribution in [2.45, 2.75) is 30.7 Å². The fraction of sp³-hybridized carbons (Fsp3) is 1.00. The van der Waals surface area contributed by atoms with Crippen molar-refractivity contribution in [1.82, 2.24) is 0 Å². The first-order valence-corrected chi connectivity index (χ1v) is 5.78. The normalized spacial score (nSPS) is 41.4. The quantitative estimate of drug-likeness (QED) is 0.250. The summed E-state index contributed by atoms with van der Waals surface area (Å²) in [6.07, 6.45) is -8.43. The molecule has 6 atom stereocenters. The van der Waals surface area contributed by atoms with Gasteiger partial charge in [-0.15, -0.1) is 0 Å². The Morgan fingerprint density at radius 1 is 1.24 bits per heavy atom. The summed E-state index contributed by atoms with van der Waals surface area (Å²) < 4.78 is 19.0. The fourth-order valence-corrected chi connectivity index (χ4v) is 1.72. The van der Waals surface area contributed by atoms with E-state index in [1.165, 1.54) is 0 Å². The van der Waals surface area contributed by atoms with Crippen LogP contribution in [0.5, 0.6) is 0 Å². The van der Waals surface area contributed by atoms with E-state index in [1.807, 2.05) is 0 Å². The van der Waals surface area contributed by atoms with Crippen LogP contribution < -0.4 is 34.5 Å². The van der Waals surface area contributed by atoms with Gasteiger partial charge in [0.2, 0.25) is 0 Å². The number of hydrogen-bond acceptors (Lipinski definition) is 8. The molecular formula is C6H12NaO9P. The topological polar surface area (TPSA) is 160 Å². The predicted molar refractivity (Wildman–Crippen MR) is 44.7 cm³/mol. The van der Waals surface area contributed by atoms with Crippen LogP contribution in [-0.4, -0.2) is 62.6 Å². The number of rotatable bonds is 3. The summed E-state index contributed by atoms with van der Waals surface area (Å²) >= 11 is 0. The summed E-state index contributed by atoms with van der Waals surface area (Å²) in [6, 6.07) is 0. The minimum atomic E-state index is -5.16. The van der Waals surface area contributed by atoms with Gasteiger partial charge in [-0.05, 0) is 0 Å². The Bertz CT molecular complexity index is 281. The number of hydrogen-bond donors (Lipinski definition) is 5. The van der Waals surface area contributed by atoms with E-state index in [2.05, 4.69) is 9.26 Å². The van der Waals surface area contributed by atoms with Gasteiger partial charge in [-0.3, -0.25) is 9.09 Å². The summed E-state index contributed by atoms with van der Waals surface area (Å²) in [5.41, 5.74) is 0. The Kier molecular flexibility index (Phi) is 7.27. The average Bonchev–Trinajstić information content (AvgIpc) is 2.17. The van der Waals surface area contributed by atoms with E-state index in [1.54, 1.807) is 0 Å². The molecule has 96 valence electrons. The Balaban J connectivity index is 0.00000256. The molecule has 0 saturated carbocycles. The van der Waals surface area contributed by atoms with Crippen molar-refractivity contribution in [3.63, 3.8) is 0 Å². The van der Waals surface area contributed by atoms with Gasteiger partial charge in [-0.25, -0.2) is 0 Å². The molecule has 1 fully saturated rings. The molecule has 1 saturated heterocycles. The van der Waals surface area contributed by atoms with Crippen LogP contribution in [0.3, 0.4) is 0 Å². The maximum atomic E-state index is 10.4. The molecule has 1 aliphatic rings. The van der Waals surface area contributed by atoms with Gasteiger partial charge in [-0.1, -0.05) is 0 Å². The largest absolute Gasteiger partial charge is 1.00 e. The van der Waals surface area contributed by atoms with Crippen LogP contribution in [-0.2, 0) is 13.8 Å². The number of ether oxygens (including phenoxy) is 1. The fourth-order valence-electron chi connectivity index (χ4n) is 1.29. The van der Waals surface area contributed by atoms with E-state index in [0.29, 0.717) is 0 Å². The zero-order chi connectivity index (χ0) is 12.5. The molecule has 0 bridgehead atoms. The standard InChI is InChI=1S/C6H13O9P.Na/c7-1-2-3(8)4(9)5(10)6(14-2)15-16(11,12)13;/h2-10H,1H2,(H2,11,12,13);/q;+1/p-1/t2-,3+,4?,5-,6?;/m1./s1. The number of phosphoric ester groups is 1. The van der Waals surface area contributed by atoms with Gasteiger partial charge in [-0.2, -0.15) is 0 Å². The van der Waals surface area contributed by atoms with Crippen molar-refractivity contribution >= 4 is 7.82 Å². The Morgan fingerprint density at radius 2 is 1.76 bits per heavy atom. The van der Waals surface area contributed by atoms with Crippen molar-refractivity contribution in [3.8, 4) is 0 Å². The summed E-state index contributed by atoms with van der Waals surface area (Å²) in [4.78, 5) is 18.8. The molecule has 1 aliphatic heterocycles. The zero-order valence-corrected chi connectivity index (χ0v) is 11.8. The van der Waals surface area contributed by atoms with Gasteiger partial charge in [0, 0.05) is 0 Å². The van der Waals surface area contributed by atoms with Gasteiger partial charge in [0.25, 0.3) is 7.82 Å². The maximum Gasteiger partial charge on any atom is 1.00 e. The molecule has 5 N–H and O–H groups in total. The van der Waals surface area contributed by atoms with Gasteiger partial charge in [0.05, 0.1) is 6.61 Å². The van der Waals surface area contributed by atoms with E-state index in [0.717, 1.165) is 0 Å². The minimum Gasteiger partial charge on any atom is -0.756 e. The van der Waals surface area contributed by atoms with Crippen LogP contribution in [0, 0.1) is 0 Å². The monoisotopic (exact) mass is 282 g/mol. The van der Waals surface area contributed by atoms with Crippen LogP contribution in [0.1, 0.15) is 0 Å². The smallest absolute Gasteiger partial charge is 0.756 e. The van der Waals surface area contributed by atoms with Crippen molar-refractivity contribution in [1.29, 1.82) is 0 Å². The number of phosphoric acid groups is 1. The summed E-state index contributed by atoms with van der Waals surface area (Å²) in [7, 11) is -5.16. The second kappa shape index (κ2) is 6.90. The van der Waals surface area contributed by atoms with Crippen LogP contribution in [0.2, 0.25) is 0 Å². The van der Waals surface area contributed by atoms with E-state index in [4.69, 9.17) is 10.00 Å². The molecule has 0 amide bonds. The average molecular weight is 282 g/mol. The molecule has 1 rings (SSSR count). The first kappa shape index (κ1) is 17.9. The number of aliphatic hydroxyl groups excluding tert-OH is 4. The molecule has 0 aliphatic carbocycles. The SMILES string of the molecule is O=P([O-])(O)OC1O[C@H](CO)[C@H](O)C(O)[C@H]1O.[Na+]. The third-order valence-corrected chi connectivity index (χ3v) is 2.56. The molecule has 0 aromatic heterocycles. The molecular weight excluding hydrogens is 270 g/mol. The summed E-state index contributed by atoms with van der Waals surface area (Å²) in [5, 5.41) is 36.5. The van der Waals surface area contributed by atoms with E-state index in [-0.39, 0.29) is 29.6 Å². The Labute approximate surface area is 119 Å². The summed E-state index contributed by atoms with van der Waals surface area (Å²) in [6.45, 7) is -0.723. The second-order valence-electron chi connectivity index (χ2n) is 3.27. The van der Waals surface area contributed by atoms with Gasteiger partial charge < -0.3 is 34.9 Å². The summed E-state index contributed by atoms with van der Waals surface area (Å²) in [5.74, 6) is 0. The third-order valence-electron chi connectivity index (χ3n) is 2.09. The molecule has 11 heteroatoms. The maximum absolute atomic E-state index is 10.4. The van der Waals surface area contributed by atoms with Crippen LogP contribution >= 0.6 is 7.82 Å². The Morgan fingerprint density at radius 3 is 2.18 bits per heavy atom. The Hall–Kier alpha value is 0.910. The first-order chi connectivity index (χ1) is 7.26. The van der Waals surface area contributed by atoms with E-state index < -0.39 is 45.1 Å². The van der Waals surface area contributed by atoms with Crippen LogP contribution in [0.15, 0.2) is 0 Å². The molecule has 1 heterocycles. The third kappa shape index (κ3) is 4.83. The molecule has 0 spiro atoms. The van der Waals surface area contributed by atoms with E-state index in [9.17, 15) is 24.8 Å². The van der Waals surface area contributed by atoms with Crippen LogP contribution in [0.25, 0.3) is 0 Å². The predicted octanol–water partition coefficient (Wildman–Crippen LogP) is -6.73.